The molecular weight excluding hydrogens is 264 g/mol. The lowest BCUT2D eigenvalue weighted by atomic mass is 10.0. The van der Waals surface area contributed by atoms with Gasteiger partial charge >= 0.3 is 0 Å². The SMILES string of the molecule is O=[N+]([O-])c1cccc(Cl)c1CNCCC1CCCC1. The predicted octanol–water partition coefficient (Wildman–Crippen LogP) is 3.92. The number of nitrogens with zero attached hydrogens (tertiary/aromatic N) is 1. The van der Waals surface area contributed by atoms with E-state index in [9.17, 15) is 10.1 Å². The van der Waals surface area contributed by atoms with E-state index in [4.69, 9.17) is 11.6 Å². The summed E-state index contributed by atoms with van der Waals surface area (Å²) in [5.41, 5.74) is 0.682. The van der Waals surface area contributed by atoms with E-state index < -0.39 is 0 Å². The van der Waals surface area contributed by atoms with Gasteiger partial charge in [0.1, 0.15) is 0 Å². The van der Waals surface area contributed by atoms with Crippen LogP contribution in [0.15, 0.2) is 18.2 Å². The number of rotatable bonds is 6. The van der Waals surface area contributed by atoms with Crippen LogP contribution in [-0.2, 0) is 6.54 Å². The maximum Gasteiger partial charge on any atom is 0.275 e. The number of hydrogen-bond donors (Lipinski definition) is 1. The average Bonchev–Trinajstić information content (AvgIpc) is 2.88. The molecule has 104 valence electrons. The fraction of sp³-hybridized carbons (Fsp3) is 0.571. The molecule has 0 bridgehead atoms. The lowest BCUT2D eigenvalue weighted by molar-refractivity contribution is -0.385. The molecule has 1 aromatic carbocycles. The van der Waals surface area contributed by atoms with E-state index in [-0.39, 0.29) is 10.6 Å². The van der Waals surface area contributed by atoms with Crippen molar-refractivity contribution in [3.63, 3.8) is 0 Å². The smallest absolute Gasteiger partial charge is 0.275 e. The Hall–Kier alpha value is -1.13. The molecule has 19 heavy (non-hydrogen) atoms. The van der Waals surface area contributed by atoms with E-state index >= 15 is 0 Å². The van der Waals surface area contributed by atoms with Gasteiger partial charge in [-0.25, -0.2) is 0 Å². The van der Waals surface area contributed by atoms with Crippen LogP contribution in [0.4, 0.5) is 5.69 Å². The first-order chi connectivity index (χ1) is 9.18. The highest BCUT2D eigenvalue weighted by molar-refractivity contribution is 6.31. The molecule has 1 aliphatic carbocycles. The summed E-state index contributed by atoms with van der Waals surface area (Å²) < 4.78 is 0. The van der Waals surface area contributed by atoms with E-state index in [0.717, 1.165) is 18.9 Å². The van der Waals surface area contributed by atoms with Gasteiger partial charge in [0.2, 0.25) is 0 Å². The van der Waals surface area contributed by atoms with Crippen LogP contribution in [0.1, 0.15) is 37.7 Å². The van der Waals surface area contributed by atoms with Crippen molar-refractivity contribution in [3.8, 4) is 0 Å². The molecule has 0 spiro atoms. The first-order valence-corrected chi connectivity index (χ1v) is 7.19. The molecular formula is C14H19ClN2O2. The topological polar surface area (TPSA) is 55.2 Å². The lowest BCUT2D eigenvalue weighted by Crippen LogP contribution is -2.18. The Kier molecular flexibility index (Phi) is 5.16. The number of nitro benzene ring substituents is 1. The molecule has 5 heteroatoms. The molecule has 1 N–H and O–H groups in total. The van der Waals surface area contributed by atoms with Crippen molar-refractivity contribution in [1.82, 2.24) is 5.32 Å². The molecule has 0 saturated heterocycles. The Morgan fingerprint density at radius 2 is 2.11 bits per heavy atom. The molecule has 0 unspecified atom stereocenters. The van der Waals surface area contributed by atoms with Crippen molar-refractivity contribution in [2.75, 3.05) is 6.54 Å². The average molecular weight is 283 g/mol. The van der Waals surface area contributed by atoms with Gasteiger partial charge in [0.05, 0.1) is 15.5 Å². The van der Waals surface area contributed by atoms with Crippen LogP contribution >= 0.6 is 11.6 Å². The van der Waals surface area contributed by atoms with Crippen LogP contribution in [0.5, 0.6) is 0 Å². The zero-order valence-corrected chi connectivity index (χ0v) is 11.7. The minimum atomic E-state index is -0.375. The Morgan fingerprint density at radius 1 is 1.37 bits per heavy atom. The first kappa shape index (κ1) is 14.3. The molecule has 0 atom stereocenters. The van der Waals surface area contributed by atoms with E-state index in [0.29, 0.717) is 17.1 Å². The van der Waals surface area contributed by atoms with Crippen LogP contribution in [0.2, 0.25) is 5.02 Å². The summed E-state index contributed by atoms with van der Waals surface area (Å²) in [7, 11) is 0. The van der Waals surface area contributed by atoms with Gasteiger partial charge < -0.3 is 5.32 Å². The summed E-state index contributed by atoms with van der Waals surface area (Å²) in [6, 6.07) is 4.81. The van der Waals surface area contributed by atoms with Gasteiger partial charge in [-0.15, -0.1) is 0 Å². The molecule has 2 rings (SSSR count). The third-order valence-electron chi connectivity index (χ3n) is 3.80. The Morgan fingerprint density at radius 3 is 2.79 bits per heavy atom. The normalized spacial score (nSPS) is 15.8. The molecule has 1 aromatic rings. The number of halogens is 1. The van der Waals surface area contributed by atoms with Crippen LogP contribution < -0.4 is 5.32 Å². The second kappa shape index (κ2) is 6.87. The third kappa shape index (κ3) is 3.91. The summed E-state index contributed by atoms with van der Waals surface area (Å²) >= 11 is 6.04. The monoisotopic (exact) mass is 282 g/mol. The molecule has 1 fully saturated rings. The van der Waals surface area contributed by atoms with Crippen molar-refractivity contribution < 1.29 is 4.92 Å². The molecule has 0 amide bonds. The Balaban J connectivity index is 1.86. The van der Waals surface area contributed by atoms with E-state index in [2.05, 4.69) is 5.32 Å². The van der Waals surface area contributed by atoms with E-state index in [1.807, 2.05) is 0 Å². The molecule has 0 aliphatic heterocycles. The van der Waals surface area contributed by atoms with Gasteiger partial charge in [0.25, 0.3) is 5.69 Å². The van der Waals surface area contributed by atoms with E-state index in [1.54, 1.807) is 12.1 Å². The first-order valence-electron chi connectivity index (χ1n) is 6.81. The Labute approximate surface area is 118 Å². The highest BCUT2D eigenvalue weighted by Crippen LogP contribution is 2.28. The number of nitrogens with one attached hydrogen (secondary N) is 1. The maximum absolute atomic E-state index is 10.9. The predicted molar refractivity (Wildman–Crippen MR) is 76.4 cm³/mol. The number of benzene rings is 1. The third-order valence-corrected chi connectivity index (χ3v) is 4.15. The fourth-order valence-corrected chi connectivity index (χ4v) is 2.95. The second-order valence-electron chi connectivity index (χ2n) is 5.11. The van der Waals surface area contributed by atoms with E-state index in [1.165, 1.54) is 31.7 Å². The summed E-state index contributed by atoms with van der Waals surface area (Å²) in [5.74, 6) is 0.828. The zero-order chi connectivity index (χ0) is 13.7. The van der Waals surface area contributed by atoms with Gasteiger partial charge in [-0.2, -0.15) is 0 Å². The second-order valence-corrected chi connectivity index (χ2v) is 5.52. The van der Waals surface area contributed by atoms with Crippen molar-refractivity contribution >= 4 is 17.3 Å². The van der Waals surface area contributed by atoms with Crippen molar-refractivity contribution in [1.29, 1.82) is 0 Å². The van der Waals surface area contributed by atoms with Crippen molar-refractivity contribution in [2.24, 2.45) is 5.92 Å². The summed E-state index contributed by atoms with van der Waals surface area (Å²) in [6.45, 7) is 1.36. The highest BCUT2D eigenvalue weighted by atomic mass is 35.5. The minimum absolute atomic E-state index is 0.0980. The van der Waals surface area contributed by atoms with Crippen LogP contribution in [-0.4, -0.2) is 11.5 Å². The number of nitro groups is 1. The largest absolute Gasteiger partial charge is 0.312 e. The molecule has 1 aliphatic rings. The standard InChI is InChI=1S/C14H19ClN2O2/c15-13-6-3-7-14(17(18)19)12(13)10-16-9-8-11-4-1-2-5-11/h3,6-7,11,16H,1-2,4-5,8-10H2. The quantitative estimate of drug-likeness (QED) is 0.489. The molecule has 0 aromatic heterocycles. The zero-order valence-electron chi connectivity index (χ0n) is 10.9. The maximum atomic E-state index is 10.9. The molecule has 0 radical (unpaired) electrons. The minimum Gasteiger partial charge on any atom is -0.312 e. The molecule has 1 saturated carbocycles. The van der Waals surface area contributed by atoms with Crippen molar-refractivity contribution in [3.05, 3.63) is 38.9 Å². The lowest BCUT2D eigenvalue weighted by Gasteiger charge is -2.10. The van der Waals surface area contributed by atoms with Crippen LogP contribution in [0.25, 0.3) is 0 Å². The van der Waals surface area contributed by atoms with Gasteiger partial charge in [0.15, 0.2) is 0 Å². The molecule has 0 heterocycles. The van der Waals surface area contributed by atoms with Crippen molar-refractivity contribution in [2.45, 2.75) is 38.6 Å². The van der Waals surface area contributed by atoms with Gasteiger partial charge in [-0.3, -0.25) is 10.1 Å². The number of hydrogen-bond acceptors (Lipinski definition) is 3. The van der Waals surface area contributed by atoms with Gasteiger partial charge in [-0.1, -0.05) is 43.4 Å². The summed E-state index contributed by atoms with van der Waals surface area (Å²) in [6.07, 6.45) is 6.50. The summed E-state index contributed by atoms with van der Waals surface area (Å²) in [5, 5.41) is 14.7. The highest BCUT2D eigenvalue weighted by Gasteiger charge is 2.17. The van der Waals surface area contributed by atoms with Gasteiger partial charge in [0, 0.05) is 12.6 Å². The molecule has 4 nitrogen and oxygen atoms in total. The summed E-state index contributed by atoms with van der Waals surface area (Å²) in [4.78, 5) is 10.6. The van der Waals surface area contributed by atoms with Crippen LogP contribution in [0, 0.1) is 16.0 Å². The fourth-order valence-electron chi connectivity index (χ4n) is 2.71. The Bertz CT molecular complexity index is 445. The van der Waals surface area contributed by atoms with Crippen LogP contribution in [0.3, 0.4) is 0 Å². The van der Waals surface area contributed by atoms with Gasteiger partial charge in [-0.05, 0) is 24.9 Å².